The summed E-state index contributed by atoms with van der Waals surface area (Å²) in [5.74, 6) is 0.0429. The normalized spacial score (nSPS) is 20.5. The van der Waals surface area contributed by atoms with Crippen LogP contribution in [0.15, 0.2) is 48.5 Å². The van der Waals surface area contributed by atoms with Crippen LogP contribution >= 0.6 is 0 Å². The quantitative estimate of drug-likeness (QED) is 0.664. The van der Waals surface area contributed by atoms with Crippen LogP contribution in [0.25, 0.3) is 0 Å². The van der Waals surface area contributed by atoms with E-state index in [0.29, 0.717) is 13.1 Å². The van der Waals surface area contributed by atoms with E-state index >= 15 is 0 Å². The molecule has 2 aromatic carbocycles. The Balaban J connectivity index is 1.36. The summed E-state index contributed by atoms with van der Waals surface area (Å²) in [6.45, 7) is 10.7. The smallest absolute Gasteiger partial charge is 0.238 e. The minimum atomic E-state index is -3.42. The second kappa shape index (κ2) is 9.44. The Hall–Kier alpha value is -2.22. The number of nitrogens with one attached hydrogen (secondary N) is 1. The molecule has 184 valence electrons. The molecule has 2 aliphatic heterocycles. The molecule has 2 aliphatic rings. The third kappa shape index (κ3) is 5.53. The maximum absolute atomic E-state index is 13.3. The van der Waals surface area contributed by atoms with Gasteiger partial charge in [0.2, 0.25) is 15.9 Å². The van der Waals surface area contributed by atoms with E-state index in [1.165, 1.54) is 0 Å². The van der Waals surface area contributed by atoms with Crippen molar-refractivity contribution in [3.8, 4) is 0 Å². The number of benzene rings is 2. The van der Waals surface area contributed by atoms with Crippen LogP contribution < -0.4 is 5.32 Å². The predicted molar refractivity (Wildman–Crippen MR) is 137 cm³/mol. The Bertz CT molecular complexity index is 1140. The van der Waals surface area contributed by atoms with Crippen molar-refractivity contribution in [1.82, 2.24) is 9.21 Å². The lowest BCUT2D eigenvalue weighted by molar-refractivity contribution is -0.117. The highest BCUT2D eigenvalue weighted by Crippen LogP contribution is 2.49. The van der Waals surface area contributed by atoms with E-state index in [1.807, 2.05) is 76.2 Å². The summed E-state index contributed by atoms with van der Waals surface area (Å²) in [6.07, 6.45) is 2.67. The fourth-order valence-corrected chi connectivity index (χ4v) is 7.76. The first-order chi connectivity index (χ1) is 16.0. The summed E-state index contributed by atoms with van der Waals surface area (Å²) in [5, 5.41) is 3.05. The van der Waals surface area contributed by atoms with Gasteiger partial charge in [-0.2, -0.15) is 4.31 Å². The van der Waals surface area contributed by atoms with E-state index in [-0.39, 0.29) is 17.1 Å². The van der Waals surface area contributed by atoms with Gasteiger partial charge in [-0.3, -0.25) is 9.69 Å². The minimum Gasteiger partial charge on any atom is -0.325 e. The van der Waals surface area contributed by atoms with Gasteiger partial charge in [0.25, 0.3) is 0 Å². The fraction of sp³-hybridized carbons (Fsp3) is 0.519. The molecule has 0 bridgehead atoms. The number of amides is 1. The van der Waals surface area contributed by atoms with Gasteiger partial charge in [0.05, 0.1) is 12.3 Å². The topological polar surface area (TPSA) is 69.7 Å². The molecule has 1 amide bonds. The van der Waals surface area contributed by atoms with Crippen LogP contribution in [-0.4, -0.2) is 55.2 Å². The number of carbonyl (C=O) groups is 1. The van der Waals surface area contributed by atoms with E-state index in [9.17, 15) is 13.2 Å². The zero-order chi connectivity index (χ0) is 24.6. The van der Waals surface area contributed by atoms with Crippen LogP contribution in [0.1, 0.15) is 49.8 Å². The molecule has 0 unspecified atom stereocenters. The predicted octanol–water partition coefficient (Wildman–Crippen LogP) is 4.34. The average molecular weight is 484 g/mol. The molecule has 7 heteroatoms. The van der Waals surface area contributed by atoms with Gasteiger partial charge in [0, 0.05) is 17.8 Å². The maximum Gasteiger partial charge on any atom is 0.238 e. The molecule has 2 fully saturated rings. The van der Waals surface area contributed by atoms with E-state index in [2.05, 4.69) is 10.2 Å². The lowest BCUT2D eigenvalue weighted by Crippen LogP contribution is -2.45. The van der Waals surface area contributed by atoms with Crippen LogP contribution in [0.5, 0.6) is 0 Å². The first-order valence-corrected chi connectivity index (χ1v) is 13.7. The number of aryl methyl sites for hydroxylation is 2. The van der Waals surface area contributed by atoms with Gasteiger partial charge in [0.1, 0.15) is 0 Å². The van der Waals surface area contributed by atoms with Crippen LogP contribution in [0.4, 0.5) is 5.69 Å². The average Bonchev–Trinajstić information content (AvgIpc) is 3.04. The monoisotopic (exact) mass is 483 g/mol. The molecule has 34 heavy (non-hydrogen) atoms. The summed E-state index contributed by atoms with van der Waals surface area (Å²) in [5.41, 5.74) is 3.45. The van der Waals surface area contributed by atoms with Crippen molar-refractivity contribution in [1.29, 1.82) is 0 Å². The zero-order valence-electron chi connectivity index (χ0n) is 20.8. The van der Waals surface area contributed by atoms with Gasteiger partial charge in [-0.05, 0) is 88.2 Å². The molecule has 2 heterocycles. The van der Waals surface area contributed by atoms with E-state index < -0.39 is 15.6 Å². The summed E-state index contributed by atoms with van der Waals surface area (Å²) >= 11 is 0. The van der Waals surface area contributed by atoms with Crippen molar-refractivity contribution in [2.24, 2.45) is 5.41 Å². The molecule has 2 saturated heterocycles. The Kier molecular flexibility index (Phi) is 6.91. The Morgan fingerprint density at radius 2 is 1.71 bits per heavy atom. The molecule has 2 aromatic rings. The molecule has 1 N–H and O–H groups in total. The summed E-state index contributed by atoms with van der Waals surface area (Å²) in [6, 6.07) is 15.5. The lowest BCUT2D eigenvalue weighted by Gasteiger charge is -2.39. The number of rotatable bonds is 6. The van der Waals surface area contributed by atoms with Crippen molar-refractivity contribution < 1.29 is 13.2 Å². The fourth-order valence-electron chi connectivity index (χ4n) is 5.70. The molecule has 0 saturated carbocycles. The molecular formula is C27H37N3O3S. The highest BCUT2D eigenvalue weighted by Gasteiger charge is 2.53. The van der Waals surface area contributed by atoms with Crippen molar-refractivity contribution in [2.75, 3.05) is 31.5 Å². The van der Waals surface area contributed by atoms with Crippen molar-refractivity contribution >= 4 is 21.6 Å². The highest BCUT2D eigenvalue weighted by atomic mass is 32.2. The van der Waals surface area contributed by atoms with Crippen molar-refractivity contribution in [3.05, 3.63) is 65.2 Å². The molecule has 0 aliphatic carbocycles. The van der Waals surface area contributed by atoms with Gasteiger partial charge < -0.3 is 5.32 Å². The number of hydrogen-bond acceptors (Lipinski definition) is 4. The van der Waals surface area contributed by atoms with Gasteiger partial charge in [0.15, 0.2) is 0 Å². The zero-order valence-corrected chi connectivity index (χ0v) is 21.6. The molecule has 0 atom stereocenters. The third-order valence-electron chi connectivity index (χ3n) is 7.44. The Labute approximate surface area is 204 Å². The van der Waals surface area contributed by atoms with Gasteiger partial charge in [-0.15, -0.1) is 0 Å². The second-order valence-electron chi connectivity index (χ2n) is 10.9. The maximum atomic E-state index is 13.3. The van der Waals surface area contributed by atoms with Crippen molar-refractivity contribution in [2.45, 2.75) is 58.2 Å². The summed E-state index contributed by atoms with van der Waals surface area (Å²) in [7, 11) is -3.42. The molecule has 6 nitrogen and oxygen atoms in total. The second-order valence-corrected chi connectivity index (χ2v) is 12.8. The number of nitrogens with zero attached hydrogens (tertiary/aromatic N) is 2. The van der Waals surface area contributed by atoms with Crippen LogP contribution in [0.2, 0.25) is 0 Å². The van der Waals surface area contributed by atoms with Gasteiger partial charge in [-0.25, -0.2) is 8.42 Å². The van der Waals surface area contributed by atoms with Crippen molar-refractivity contribution in [3.63, 3.8) is 0 Å². The third-order valence-corrected chi connectivity index (χ3v) is 9.43. The number of carbonyl (C=O) groups excluding carboxylic acids is 1. The molecule has 4 rings (SSSR count). The number of sulfonamides is 1. The largest absolute Gasteiger partial charge is 0.325 e. The number of hydrogen-bond donors (Lipinski definition) is 1. The van der Waals surface area contributed by atoms with Gasteiger partial charge >= 0.3 is 0 Å². The van der Waals surface area contributed by atoms with Crippen LogP contribution in [0.3, 0.4) is 0 Å². The highest BCUT2D eigenvalue weighted by molar-refractivity contribution is 7.88. The van der Waals surface area contributed by atoms with E-state index in [0.717, 1.165) is 54.7 Å². The molecular weight excluding hydrogens is 446 g/mol. The standard InChI is InChI=1S/C27H37N3O3S/c1-21-10-11-22(2)24(16-21)28-25(31)17-29-14-12-27(13-15-29)19-26(3,4)30(20-27)34(32,33)18-23-8-6-5-7-9-23/h5-11,16H,12-15,17-20H2,1-4H3,(H,28,31). The molecule has 1 spiro atoms. The lowest BCUT2D eigenvalue weighted by atomic mass is 9.74. The SMILES string of the molecule is Cc1ccc(C)c(NC(=O)CN2CCC3(CC2)CN(S(=O)(=O)Cc2ccccc2)C(C)(C)C3)c1. The Morgan fingerprint density at radius 1 is 1.03 bits per heavy atom. The minimum absolute atomic E-state index is 0.00321. The summed E-state index contributed by atoms with van der Waals surface area (Å²) in [4.78, 5) is 14.9. The van der Waals surface area contributed by atoms with Gasteiger partial charge in [-0.1, -0.05) is 42.5 Å². The molecule has 0 radical (unpaired) electrons. The molecule has 0 aromatic heterocycles. The number of piperidine rings is 1. The van der Waals surface area contributed by atoms with Crippen LogP contribution in [-0.2, 0) is 20.6 Å². The van der Waals surface area contributed by atoms with E-state index in [1.54, 1.807) is 4.31 Å². The Morgan fingerprint density at radius 3 is 2.38 bits per heavy atom. The first kappa shape index (κ1) is 24.9. The number of likely N-dealkylation sites (tertiary alicyclic amines) is 1. The van der Waals surface area contributed by atoms with E-state index in [4.69, 9.17) is 0 Å². The van der Waals surface area contributed by atoms with Crippen LogP contribution in [0, 0.1) is 19.3 Å². The first-order valence-electron chi connectivity index (χ1n) is 12.1. The summed E-state index contributed by atoms with van der Waals surface area (Å²) < 4.78 is 28.4. The number of anilines is 1.